The molecule has 2 aromatic heterocycles. The van der Waals surface area contributed by atoms with E-state index in [0.29, 0.717) is 17.9 Å². The predicted molar refractivity (Wildman–Crippen MR) is 66.3 cm³/mol. The van der Waals surface area contributed by atoms with E-state index in [2.05, 4.69) is 20.4 Å². The summed E-state index contributed by atoms with van der Waals surface area (Å²) >= 11 is 0. The van der Waals surface area contributed by atoms with E-state index in [-0.39, 0.29) is 0 Å². The van der Waals surface area contributed by atoms with Gasteiger partial charge in [-0.05, 0) is 6.42 Å². The standard InChI is InChI=1S/C11H15N5O2/c1-3-4-8(11(17)18)15-9-7-5-14-16(2)10(7)13-6-12-9/h5-6,8H,3-4H2,1-2H3,(H,17,18)(H,12,13,15). The number of carboxylic acids is 1. The minimum absolute atomic E-state index is 0.508. The molecule has 18 heavy (non-hydrogen) atoms. The summed E-state index contributed by atoms with van der Waals surface area (Å²) in [5.74, 6) is -0.374. The van der Waals surface area contributed by atoms with Gasteiger partial charge in [-0.25, -0.2) is 14.8 Å². The number of rotatable bonds is 5. The van der Waals surface area contributed by atoms with Crippen molar-refractivity contribution in [2.24, 2.45) is 7.05 Å². The van der Waals surface area contributed by atoms with Crippen LogP contribution in [0.25, 0.3) is 11.0 Å². The molecule has 7 heteroatoms. The molecule has 2 aromatic rings. The second kappa shape index (κ2) is 4.99. The molecular formula is C11H15N5O2. The molecule has 0 saturated carbocycles. The van der Waals surface area contributed by atoms with Crippen molar-refractivity contribution in [3.05, 3.63) is 12.5 Å². The first-order valence-electron chi connectivity index (χ1n) is 5.75. The molecule has 0 bridgehead atoms. The maximum absolute atomic E-state index is 11.1. The molecule has 0 fully saturated rings. The van der Waals surface area contributed by atoms with Gasteiger partial charge in [0.15, 0.2) is 5.65 Å². The quantitative estimate of drug-likeness (QED) is 0.822. The van der Waals surface area contributed by atoms with Gasteiger partial charge in [-0.1, -0.05) is 13.3 Å². The number of carbonyl (C=O) groups is 1. The summed E-state index contributed by atoms with van der Waals surface area (Å²) < 4.78 is 1.62. The highest BCUT2D eigenvalue weighted by Gasteiger charge is 2.18. The molecule has 0 spiro atoms. The van der Waals surface area contributed by atoms with Gasteiger partial charge in [0.25, 0.3) is 0 Å². The lowest BCUT2D eigenvalue weighted by molar-refractivity contribution is -0.138. The van der Waals surface area contributed by atoms with E-state index < -0.39 is 12.0 Å². The zero-order chi connectivity index (χ0) is 13.1. The summed E-state index contributed by atoms with van der Waals surface area (Å²) in [5, 5.41) is 16.9. The van der Waals surface area contributed by atoms with Gasteiger partial charge in [-0.2, -0.15) is 5.10 Å². The van der Waals surface area contributed by atoms with E-state index in [1.807, 2.05) is 6.92 Å². The Morgan fingerprint density at radius 1 is 1.56 bits per heavy atom. The first kappa shape index (κ1) is 12.3. The Bertz CT molecular complexity index is 566. The van der Waals surface area contributed by atoms with E-state index in [4.69, 9.17) is 5.11 Å². The average molecular weight is 249 g/mol. The molecular weight excluding hydrogens is 234 g/mol. The smallest absolute Gasteiger partial charge is 0.326 e. The Morgan fingerprint density at radius 2 is 2.33 bits per heavy atom. The number of nitrogens with zero attached hydrogens (tertiary/aromatic N) is 4. The van der Waals surface area contributed by atoms with Crippen LogP contribution in [0.15, 0.2) is 12.5 Å². The van der Waals surface area contributed by atoms with E-state index in [9.17, 15) is 4.79 Å². The van der Waals surface area contributed by atoms with Gasteiger partial charge in [-0.15, -0.1) is 0 Å². The molecule has 7 nitrogen and oxygen atoms in total. The highest BCUT2D eigenvalue weighted by atomic mass is 16.4. The van der Waals surface area contributed by atoms with Gasteiger partial charge < -0.3 is 10.4 Å². The average Bonchev–Trinajstić information content (AvgIpc) is 2.72. The van der Waals surface area contributed by atoms with Crippen LogP contribution in [0.5, 0.6) is 0 Å². The van der Waals surface area contributed by atoms with E-state index in [1.165, 1.54) is 6.33 Å². The van der Waals surface area contributed by atoms with Crippen LogP contribution >= 0.6 is 0 Å². The predicted octanol–water partition coefficient (Wildman–Crippen LogP) is 1.03. The number of nitrogens with one attached hydrogen (secondary N) is 1. The lowest BCUT2D eigenvalue weighted by Gasteiger charge is -2.14. The summed E-state index contributed by atoms with van der Waals surface area (Å²) in [4.78, 5) is 19.3. The number of fused-ring (bicyclic) bond motifs is 1. The van der Waals surface area contributed by atoms with Crippen LogP contribution in [-0.2, 0) is 11.8 Å². The second-order valence-electron chi connectivity index (χ2n) is 4.05. The normalized spacial score (nSPS) is 12.6. The number of hydrogen-bond donors (Lipinski definition) is 2. The fourth-order valence-electron chi connectivity index (χ4n) is 1.79. The van der Waals surface area contributed by atoms with Crippen LogP contribution in [-0.4, -0.2) is 36.9 Å². The van der Waals surface area contributed by atoms with Crippen molar-refractivity contribution in [1.82, 2.24) is 19.7 Å². The van der Waals surface area contributed by atoms with Gasteiger partial charge in [-0.3, -0.25) is 4.68 Å². The van der Waals surface area contributed by atoms with Gasteiger partial charge in [0.05, 0.1) is 11.6 Å². The summed E-state index contributed by atoms with van der Waals surface area (Å²) in [6, 6.07) is -0.645. The number of aliphatic carboxylic acids is 1. The fraction of sp³-hybridized carbons (Fsp3) is 0.455. The molecule has 0 aromatic carbocycles. The lowest BCUT2D eigenvalue weighted by atomic mass is 10.1. The van der Waals surface area contributed by atoms with E-state index in [1.54, 1.807) is 17.9 Å². The van der Waals surface area contributed by atoms with E-state index in [0.717, 1.165) is 11.8 Å². The summed E-state index contributed by atoms with van der Waals surface area (Å²) in [7, 11) is 1.78. The Kier molecular flexibility index (Phi) is 3.40. The number of hydrogen-bond acceptors (Lipinski definition) is 5. The zero-order valence-corrected chi connectivity index (χ0v) is 10.3. The van der Waals surface area contributed by atoms with Gasteiger partial charge >= 0.3 is 5.97 Å². The molecule has 2 N–H and O–H groups in total. The largest absolute Gasteiger partial charge is 0.480 e. The third kappa shape index (κ3) is 2.24. The highest BCUT2D eigenvalue weighted by Crippen LogP contribution is 2.19. The Labute approximate surface area is 104 Å². The molecule has 0 aliphatic carbocycles. The number of carboxylic acid groups (broad SMARTS) is 1. The van der Waals surface area contributed by atoms with Crippen molar-refractivity contribution in [2.75, 3.05) is 5.32 Å². The zero-order valence-electron chi connectivity index (χ0n) is 10.3. The Morgan fingerprint density at radius 3 is 3.00 bits per heavy atom. The Balaban J connectivity index is 2.33. The maximum Gasteiger partial charge on any atom is 0.326 e. The first-order chi connectivity index (χ1) is 8.63. The minimum atomic E-state index is -0.882. The molecule has 2 rings (SSSR count). The molecule has 2 heterocycles. The highest BCUT2D eigenvalue weighted by molar-refractivity contribution is 5.88. The van der Waals surface area contributed by atoms with Crippen molar-refractivity contribution < 1.29 is 9.90 Å². The third-order valence-electron chi connectivity index (χ3n) is 2.72. The fourth-order valence-corrected chi connectivity index (χ4v) is 1.79. The van der Waals surface area contributed by atoms with Crippen LogP contribution in [0.3, 0.4) is 0 Å². The van der Waals surface area contributed by atoms with Crippen LogP contribution in [0.4, 0.5) is 5.82 Å². The number of aromatic nitrogens is 4. The van der Waals surface area contributed by atoms with Crippen molar-refractivity contribution in [3.63, 3.8) is 0 Å². The lowest BCUT2D eigenvalue weighted by Crippen LogP contribution is -2.29. The SMILES string of the molecule is CCCC(Nc1ncnc2c1cnn2C)C(=O)O. The van der Waals surface area contributed by atoms with E-state index >= 15 is 0 Å². The molecule has 0 radical (unpaired) electrons. The van der Waals surface area contributed by atoms with Gasteiger partial charge in [0.2, 0.25) is 0 Å². The summed E-state index contributed by atoms with van der Waals surface area (Å²) in [6.45, 7) is 1.94. The molecule has 0 saturated heterocycles. The van der Waals surface area contributed by atoms with Crippen LogP contribution in [0.2, 0.25) is 0 Å². The molecule has 1 atom stereocenters. The molecule has 0 aliphatic heterocycles. The van der Waals surface area contributed by atoms with Gasteiger partial charge in [0.1, 0.15) is 18.2 Å². The molecule has 0 aliphatic rings. The first-order valence-corrected chi connectivity index (χ1v) is 5.75. The van der Waals surface area contributed by atoms with Crippen LogP contribution in [0, 0.1) is 0 Å². The Hall–Kier alpha value is -2.18. The topological polar surface area (TPSA) is 92.9 Å². The monoisotopic (exact) mass is 249 g/mol. The molecule has 1 unspecified atom stereocenters. The molecule has 0 amide bonds. The van der Waals surface area contributed by atoms with Crippen LogP contribution in [0.1, 0.15) is 19.8 Å². The van der Waals surface area contributed by atoms with Crippen molar-refractivity contribution in [3.8, 4) is 0 Å². The van der Waals surface area contributed by atoms with Crippen molar-refractivity contribution >= 4 is 22.8 Å². The maximum atomic E-state index is 11.1. The van der Waals surface area contributed by atoms with Gasteiger partial charge in [0, 0.05) is 7.05 Å². The van der Waals surface area contributed by atoms with Crippen LogP contribution < -0.4 is 5.32 Å². The summed E-state index contributed by atoms with van der Waals surface area (Å²) in [5.41, 5.74) is 0.674. The summed E-state index contributed by atoms with van der Waals surface area (Å²) in [6.07, 6.45) is 4.35. The molecule has 96 valence electrons. The van der Waals surface area contributed by atoms with Crippen molar-refractivity contribution in [1.29, 1.82) is 0 Å². The van der Waals surface area contributed by atoms with Crippen molar-refractivity contribution in [2.45, 2.75) is 25.8 Å². The third-order valence-corrected chi connectivity index (χ3v) is 2.72. The second-order valence-corrected chi connectivity index (χ2v) is 4.05. The number of anilines is 1. The number of aryl methyl sites for hydroxylation is 1. The minimum Gasteiger partial charge on any atom is -0.480 e.